The second-order valence-electron chi connectivity index (χ2n) is 7.20. The Morgan fingerprint density at radius 3 is 2.44 bits per heavy atom. The second kappa shape index (κ2) is 6.93. The number of hydrogen-bond acceptors (Lipinski definition) is 5. The van der Waals surface area contributed by atoms with E-state index >= 15 is 0 Å². The van der Waals surface area contributed by atoms with E-state index < -0.39 is 17.7 Å². The zero-order chi connectivity index (χ0) is 19.1. The molecule has 2 aliphatic rings. The van der Waals surface area contributed by atoms with Crippen molar-refractivity contribution in [3.63, 3.8) is 0 Å². The number of ketones is 1. The second-order valence-corrected chi connectivity index (χ2v) is 8.41. The number of hydrogen-bond donors (Lipinski definition) is 1. The Hall–Kier alpha value is -2.47. The molecular weight excluding hydrogens is 360 g/mol. The summed E-state index contributed by atoms with van der Waals surface area (Å²) in [5, 5.41) is 11.5. The first-order valence-electron chi connectivity index (χ1n) is 9.28. The van der Waals surface area contributed by atoms with Gasteiger partial charge in [0.05, 0.1) is 27.2 Å². The van der Waals surface area contributed by atoms with Crippen LogP contribution in [0.5, 0.6) is 0 Å². The largest absolute Gasteiger partial charge is 0.503 e. The highest BCUT2D eigenvalue weighted by atomic mass is 32.1. The highest BCUT2D eigenvalue weighted by Gasteiger charge is 2.47. The van der Waals surface area contributed by atoms with Gasteiger partial charge < -0.3 is 10.0 Å². The van der Waals surface area contributed by atoms with Gasteiger partial charge in [0.1, 0.15) is 0 Å². The maximum Gasteiger partial charge on any atom is 0.290 e. The van der Waals surface area contributed by atoms with Crippen LogP contribution in [-0.4, -0.2) is 32.7 Å². The number of thiazole rings is 1. The van der Waals surface area contributed by atoms with Crippen molar-refractivity contribution in [3.8, 4) is 0 Å². The minimum atomic E-state index is -0.545. The van der Waals surface area contributed by atoms with Crippen LogP contribution in [0.3, 0.4) is 0 Å². The molecule has 1 aliphatic heterocycles. The average Bonchev–Trinajstić information content (AvgIpc) is 3.35. The van der Waals surface area contributed by atoms with Crippen LogP contribution in [0.4, 0.5) is 0 Å². The van der Waals surface area contributed by atoms with E-state index in [0.29, 0.717) is 10.6 Å². The fourth-order valence-electron chi connectivity index (χ4n) is 4.24. The summed E-state index contributed by atoms with van der Waals surface area (Å²) in [4.78, 5) is 32.9. The minimum absolute atomic E-state index is 0.0550. The van der Waals surface area contributed by atoms with Gasteiger partial charge in [0.2, 0.25) is 5.78 Å². The molecule has 0 radical (unpaired) electrons. The highest BCUT2D eigenvalue weighted by Crippen LogP contribution is 2.43. The lowest BCUT2D eigenvalue weighted by atomic mass is 9.94. The number of amides is 1. The van der Waals surface area contributed by atoms with Gasteiger partial charge in [-0.05, 0) is 32.3 Å². The molecule has 1 unspecified atom stereocenters. The van der Waals surface area contributed by atoms with Gasteiger partial charge in [-0.25, -0.2) is 4.98 Å². The van der Waals surface area contributed by atoms with Crippen molar-refractivity contribution in [1.29, 1.82) is 0 Å². The van der Waals surface area contributed by atoms with Gasteiger partial charge in [-0.1, -0.05) is 43.2 Å². The molecule has 6 heteroatoms. The molecule has 1 atom stereocenters. The molecule has 27 heavy (non-hydrogen) atoms. The molecule has 140 valence electrons. The number of benzene rings is 1. The third kappa shape index (κ3) is 2.98. The van der Waals surface area contributed by atoms with Crippen molar-refractivity contribution in [1.82, 2.24) is 9.88 Å². The molecule has 1 aliphatic carbocycles. The summed E-state index contributed by atoms with van der Waals surface area (Å²) in [6.07, 6.45) is 3.94. The van der Waals surface area contributed by atoms with Crippen LogP contribution < -0.4 is 0 Å². The van der Waals surface area contributed by atoms with Crippen LogP contribution in [0.25, 0.3) is 0 Å². The minimum Gasteiger partial charge on any atom is -0.503 e. The number of aryl methyl sites for hydroxylation is 2. The molecule has 1 aromatic carbocycles. The quantitative estimate of drug-likeness (QED) is 0.801. The zero-order valence-corrected chi connectivity index (χ0v) is 16.3. The van der Waals surface area contributed by atoms with E-state index in [1.54, 1.807) is 11.8 Å². The highest BCUT2D eigenvalue weighted by molar-refractivity contribution is 7.14. The summed E-state index contributed by atoms with van der Waals surface area (Å²) in [7, 11) is 0. The Balaban J connectivity index is 1.83. The number of rotatable bonds is 4. The predicted octanol–water partition coefficient (Wildman–Crippen LogP) is 4.28. The molecule has 0 saturated heterocycles. The van der Waals surface area contributed by atoms with E-state index in [4.69, 9.17) is 0 Å². The molecule has 1 aromatic heterocycles. The number of aliphatic hydroxyl groups excluding tert-OH is 1. The molecular formula is C21H22N2O3S. The van der Waals surface area contributed by atoms with E-state index in [9.17, 15) is 14.7 Å². The standard InChI is InChI=1S/C21H22N2O3S/c1-12-20(27-13(2)22-12)18(24)16-17(14-8-4-3-5-9-14)23(21(26)19(16)25)15-10-6-7-11-15/h3-5,8-9,15,17,25H,6-7,10-11H2,1-2H3. The topological polar surface area (TPSA) is 70.5 Å². The summed E-state index contributed by atoms with van der Waals surface area (Å²) in [5.41, 5.74) is 1.68. The van der Waals surface area contributed by atoms with Gasteiger partial charge in [-0.2, -0.15) is 0 Å². The van der Waals surface area contributed by atoms with Gasteiger partial charge in [0.15, 0.2) is 5.76 Å². The average molecular weight is 382 g/mol. The lowest BCUT2D eigenvalue weighted by Gasteiger charge is -2.32. The van der Waals surface area contributed by atoms with Crippen LogP contribution >= 0.6 is 11.3 Å². The molecule has 1 N–H and O–H groups in total. The number of Topliss-reactive ketones (excluding diaryl/α,β-unsaturated/α-hetero) is 1. The van der Waals surface area contributed by atoms with Crippen LogP contribution in [0, 0.1) is 13.8 Å². The van der Waals surface area contributed by atoms with Crippen molar-refractivity contribution in [2.75, 3.05) is 0 Å². The normalized spacial score (nSPS) is 20.7. The van der Waals surface area contributed by atoms with Crippen molar-refractivity contribution in [3.05, 3.63) is 62.8 Å². The SMILES string of the molecule is Cc1nc(C)c(C(=O)C2=C(O)C(=O)N(C3CCCC3)C2c2ccccc2)s1. The smallest absolute Gasteiger partial charge is 0.290 e. The molecule has 1 saturated carbocycles. The Bertz CT molecular complexity index is 926. The van der Waals surface area contributed by atoms with Gasteiger partial charge in [-0.15, -0.1) is 11.3 Å². The molecule has 2 aromatic rings. The fraction of sp³-hybridized carbons (Fsp3) is 0.381. The van der Waals surface area contributed by atoms with Crippen LogP contribution in [0.2, 0.25) is 0 Å². The van der Waals surface area contributed by atoms with Gasteiger partial charge >= 0.3 is 0 Å². The third-order valence-corrected chi connectivity index (χ3v) is 6.50. The molecule has 1 fully saturated rings. The van der Waals surface area contributed by atoms with E-state index in [2.05, 4.69) is 4.98 Å². The number of aromatic nitrogens is 1. The van der Waals surface area contributed by atoms with E-state index in [1.165, 1.54) is 11.3 Å². The van der Waals surface area contributed by atoms with E-state index in [-0.39, 0.29) is 17.4 Å². The first kappa shape index (κ1) is 17.9. The molecule has 1 amide bonds. The maximum atomic E-state index is 13.4. The van der Waals surface area contributed by atoms with E-state index in [0.717, 1.165) is 36.3 Å². The molecule has 0 spiro atoms. The number of aliphatic hydroxyl groups is 1. The van der Waals surface area contributed by atoms with Crippen LogP contribution in [0.1, 0.15) is 57.7 Å². The molecule has 0 bridgehead atoms. The summed E-state index contributed by atoms with van der Waals surface area (Å²) < 4.78 is 0. The predicted molar refractivity (Wildman–Crippen MR) is 104 cm³/mol. The Morgan fingerprint density at radius 2 is 1.85 bits per heavy atom. The number of carbonyl (C=O) groups excluding carboxylic acids is 2. The zero-order valence-electron chi connectivity index (χ0n) is 15.4. The lowest BCUT2D eigenvalue weighted by molar-refractivity contribution is -0.131. The van der Waals surface area contributed by atoms with Gasteiger partial charge in [-0.3, -0.25) is 9.59 Å². The number of carbonyl (C=O) groups is 2. The van der Waals surface area contributed by atoms with E-state index in [1.807, 2.05) is 37.3 Å². The Labute approximate surface area is 162 Å². The summed E-state index contributed by atoms with van der Waals surface area (Å²) in [6.45, 7) is 3.64. The van der Waals surface area contributed by atoms with Crippen molar-refractivity contribution in [2.24, 2.45) is 0 Å². The number of nitrogens with zero attached hydrogens (tertiary/aromatic N) is 2. The Kier molecular flexibility index (Phi) is 4.60. The monoisotopic (exact) mass is 382 g/mol. The van der Waals surface area contributed by atoms with Crippen molar-refractivity contribution < 1.29 is 14.7 Å². The summed E-state index contributed by atoms with van der Waals surface area (Å²) >= 11 is 1.31. The first-order valence-corrected chi connectivity index (χ1v) is 10.1. The molecule has 2 heterocycles. The lowest BCUT2D eigenvalue weighted by Crippen LogP contribution is -2.38. The summed E-state index contributed by atoms with van der Waals surface area (Å²) in [6, 6.07) is 9.03. The van der Waals surface area contributed by atoms with Crippen molar-refractivity contribution >= 4 is 23.0 Å². The Morgan fingerprint density at radius 1 is 1.19 bits per heavy atom. The van der Waals surface area contributed by atoms with Crippen LogP contribution in [0.15, 0.2) is 41.7 Å². The van der Waals surface area contributed by atoms with Gasteiger partial charge in [0.25, 0.3) is 5.91 Å². The maximum absolute atomic E-state index is 13.4. The summed E-state index contributed by atoms with van der Waals surface area (Å²) in [5.74, 6) is -1.14. The third-order valence-electron chi connectivity index (χ3n) is 5.43. The fourth-order valence-corrected chi connectivity index (χ4v) is 5.11. The molecule has 5 nitrogen and oxygen atoms in total. The van der Waals surface area contributed by atoms with Crippen LogP contribution in [-0.2, 0) is 4.79 Å². The molecule has 4 rings (SSSR count). The first-order chi connectivity index (χ1) is 13.0. The van der Waals surface area contributed by atoms with Gasteiger partial charge in [0, 0.05) is 6.04 Å². The van der Waals surface area contributed by atoms with Crippen molar-refractivity contribution in [2.45, 2.75) is 51.6 Å².